The molecule has 0 aromatic heterocycles. The molecule has 4 heteroatoms. The van der Waals surface area contributed by atoms with Crippen molar-refractivity contribution >= 4 is 0 Å². The first-order valence-electron chi connectivity index (χ1n) is 5.48. The Kier molecular flexibility index (Phi) is 3.07. The molecule has 0 aromatic carbocycles. The molecule has 2 aliphatic rings. The van der Waals surface area contributed by atoms with E-state index < -0.39 is 18.3 Å². The molecular formula is C10H19NO3. The van der Waals surface area contributed by atoms with E-state index in [4.69, 9.17) is 0 Å². The molecular weight excluding hydrogens is 182 g/mol. The molecule has 2 heterocycles. The zero-order chi connectivity index (χ0) is 10.1. The number of aliphatic hydroxyl groups is 3. The van der Waals surface area contributed by atoms with Crippen LogP contribution in [0.1, 0.15) is 25.7 Å². The molecule has 0 bridgehead atoms. The van der Waals surface area contributed by atoms with E-state index >= 15 is 0 Å². The van der Waals surface area contributed by atoms with Crippen LogP contribution in [0.3, 0.4) is 0 Å². The molecule has 0 aliphatic carbocycles. The lowest BCUT2D eigenvalue weighted by Gasteiger charge is -2.43. The van der Waals surface area contributed by atoms with E-state index in [9.17, 15) is 15.3 Å². The summed E-state index contributed by atoms with van der Waals surface area (Å²) in [4.78, 5) is 2.12. The van der Waals surface area contributed by atoms with Crippen LogP contribution in [0.15, 0.2) is 0 Å². The second kappa shape index (κ2) is 4.14. The number of rotatable bonds is 0. The Hall–Kier alpha value is -0.160. The van der Waals surface area contributed by atoms with Gasteiger partial charge < -0.3 is 15.3 Å². The van der Waals surface area contributed by atoms with Crippen molar-refractivity contribution in [1.29, 1.82) is 0 Å². The van der Waals surface area contributed by atoms with Crippen molar-refractivity contribution in [2.24, 2.45) is 0 Å². The average Bonchev–Trinajstić information content (AvgIpc) is 2.39. The van der Waals surface area contributed by atoms with Gasteiger partial charge >= 0.3 is 0 Å². The van der Waals surface area contributed by atoms with Gasteiger partial charge in [-0.1, -0.05) is 12.8 Å². The fourth-order valence-corrected chi connectivity index (χ4v) is 2.61. The Morgan fingerprint density at radius 2 is 1.71 bits per heavy atom. The maximum absolute atomic E-state index is 9.82. The fraction of sp³-hybridized carbons (Fsp3) is 1.00. The van der Waals surface area contributed by atoms with Crippen LogP contribution in [0.4, 0.5) is 0 Å². The summed E-state index contributed by atoms with van der Waals surface area (Å²) >= 11 is 0. The fourth-order valence-electron chi connectivity index (χ4n) is 2.61. The molecule has 2 saturated heterocycles. The van der Waals surface area contributed by atoms with Crippen LogP contribution in [0.2, 0.25) is 0 Å². The molecule has 3 N–H and O–H groups in total. The van der Waals surface area contributed by atoms with Gasteiger partial charge in [-0.2, -0.15) is 0 Å². The zero-order valence-electron chi connectivity index (χ0n) is 8.34. The van der Waals surface area contributed by atoms with Crippen molar-refractivity contribution in [3.05, 3.63) is 0 Å². The molecule has 14 heavy (non-hydrogen) atoms. The summed E-state index contributed by atoms with van der Waals surface area (Å²) in [6, 6.07) is 0.0518. The number of hydrogen-bond acceptors (Lipinski definition) is 4. The molecule has 82 valence electrons. The number of fused-ring (bicyclic) bond motifs is 1. The van der Waals surface area contributed by atoms with Gasteiger partial charge in [0.2, 0.25) is 0 Å². The van der Waals surface area contributed by atoms with Crippen LogP contribution >= 0.6 is 0 Å². The number of hydrogen-bond donors (Lipinski definition) is 3. The van der Waals surface area contributed by atoms with Crippen molar-refractivity contribution < 1.29 is 15.3 Å². The molecule has 2 aliphatic heterocycles. The summed E-state index contributed by atoms with van der Waals surface area (Å²) in [6.07, 6.45) is 1.83. The van der Waals surface area contributed by atoms with Crippen LogP contribution in [0.5, 0.6) is 0 Å². The summed E-state index contributed by atoms with van der Waals surface area (Å²) in [5.41, 5.74) is 0. The predicted octanol–water partition coefficient (Wildman–Crippen LogP) is -0.673. The van der Waals surface area contributed by atoms with Crippen LogP contribution in [0, 0.1) is 0 Å². The SMILES string of the molecule is O[C@H]1[C@H](O)[C@@H]2CCCCCN2C[C@@H]1O. The minimum atomic E-state index is -0.964. The first-order valence-corrected chi connectivity index (χ1v) is 5.48. The monoisotopic (exact) mass is 201 g/mol. The zero-order valence-corrected chi connectivity index (χ0v) is 8.34. The van der Waals surface area contributed by atoms with Gasteiger partial charge in [0, 0.05) is 12.6 Å². The van der Waals surface area contributed by atoms with E-state index in [1.807, 2.05) is 0 Å². The standard InChI is InChI=1S/C10H19NO3/c12-8-6-11-5-3-1-2-4-7(11)9(13)10(8)14/h7-10,12-14H,1-6H2/t7-,8-,9+,10+/m0/s1. The maximum Gasteiger partial charge on any atom is 0.108 e. The van der Waals surface area contributed by atoms with Gasteiger partial charge in [0.05, 0.1) is 12.2 Å². The van der Waals surface area contributed by atoms with Gasteiger partial charge in [-0.25, -0.2) is 0 Å². The highest BCUT2D eigenvalue weighted by atomic mass is 16.4. The second-order valence-electron chi connectivity index (χ2n) is 4.46. The third-order valence-electron chi connectivity index (χ3n) is 3.47. The first kappa shape index (κ1) is 10.4. The largest absolute Gasteiger partial charge is 0.389 e. The highest BCUT2D eigenvalue weighted by Gasteiger charge is 2.41. The van der Waals surface area contributed by atoms with Crippen LogP contribution < -0.4 is 0 Å². The van der Waals surface area contributed by atoms with Crippen molar-refractivity contribution in [3.8, 4) is 0 Å². The van der Waals surface area contributed by atoms with Crippen molar-refractivity contribution in [2.45, 2.75) is 50.0 Å². The highest BCUT2D eigenvalue weighted by molar-refractivity contribution is 4.95. The topological polar surface area (TPSA) is 63.9 Å². The van der Waals surface area contributed by atoms with Gasteiger partial charge in [-0.05, 0) is 19.4 Å². The molecule has 2 fully saturated rings. The third kappa shape index (κ3) is 1.80. The number of nitrogens with zero attached hydrogens (tertiary/aromatic N) is 1. The van der Waals surface area contributed by atoms with Gasteiger partial charge in [0.25, 0.3) is 0 Å². The van der Waals surface area contributed by atoms with Crippen LogP contribution in [-0.2, 0) is 0 Å². The number of piperidine rings is 1. The van der Waals surface area contributed by atoms with Gasteiger partial charge in [-0.15, -0.1) is 0 Å². The quantitative estimate of drug-likeness (QED) is 0.486. The maximum atomic E-state index is 9.82. The van der Waals surface area contributed by atoms with E-state index in [2.05, 4.69) is 4.90 Å². The van der Waals surface area contributed by atoms with Gasteiger partial charge in [0.1, 0.15) is 6.10 Å². The van der Waals surface area contributed by atoms with E-state index in [-0.39, 0.29) is 6.04 Å². The van der Waals surface area contributed by atoms with E-state index in [1.54, 1.807) is 0 Å². The lowest BCUT2D eigenvalue weighted by molar-refractivity contribution is -0.136. The van der Waals surface area contributed by atoms with Crippen molar-refractivity contribution in [3.63, 3.8) is 0 Å². The lowest BCUT2D eigenvalue weighted by Crippen LogP contribution is -2.60. The van der Waals surface area contributed by atoms with Gasteiger partial charge in [0.15, 0.2) is 0 Å². The molecule has 2 rings (SSSR count). The average molecular weight is 201 g/mol. The Labute approximate surface area is 84.2 Å². The Bertz CT molecular complexity index is 200. The normalized spacial score (nSPS) is 45.6. The molecule has 0 saturated carbocycles. The molecule has 0 radical (unpaired) electrons. The molecule has 0 unspecified atom stereocenters. The molecule has 4 nitrogen and oxygen atoms in total. The summed E-state index contributed by atoms with van der Waals surface area (Å²) in [5.74, 6) is 0. The lowest BCUT2D eigenvalue weighted by atomic mass is 9.92. The van der Waals surface area contributed by atoms with Crippen LogP contribution in [0.25, 0.3) is 0 Å². The third-order valence-corrected chi connectivity index (χ3v) is 3.47. The van der Waals surface area contributed by atoms with Gasteiger partial charge in [-0.3, -0.25) is 4.90 Å². The number of aliphatic hydroxyl groups excluding tert-OH is 3. The second-order valence-corrected chi connectivity index (χ2v) is 4.46. The summed E-state index contributed by atoms with van der Waals surface area (Å²) in [5, 5.41) is 28.9. The minimum absolute atomic E-state index is 0.0518. The first-order chi connectivity index (χ1) is 6.70. The Morgan fingerprint density at radius 1 is 0.929 bits per heavy atom. The Morgan fingerprint density at radius 3 is 2.50 bits per heavy atom. The summed E-state index contributed by atoms with van der Waals surface area (Å²) in [7, 11) is 0. The van der Waals surface area contributed by atoms with Crippen molar-refractivity contribution in [1.82, 2.24) is 4.90 Å². The van der Waals surface area contributed by atoms with Crippen LogP contribution in [-0.4, -0.2) is 57.7 Å². The molecule has 0 aromatic rings. The minimum Gasteiger partial charge on any atom is -0.389 e. The van der Waals surface area contributed by atoms with E-state index in [1.165, 1.54) is 6.42 Å². The highest BCUT2D eigenvalue weighted by Crippen LogP contribution is 2.26. The molecule has 0 spiro atoms. The molecule has 0 amide bonds. The summed E-state index contributed by atoms with van der Waals surface area (Å²) < 4.78 is 0. The van der Waals surface area contributed by atoms with E-state index in [0.717, 1.165) is 25.8 Å². The molecule has 4 atom stereocenters. The van der Waals surface area contributed by atoms with Crippen molar-refractivity contribution in [2.75, 3.05) is 13.1 Å². The Balaban J connectivity index is 2.09. The predicted molar refractivity (Wildman–Crippen MR) is 51.8 cm³/mol. The van der Waals surface area contributed by atoms with E-state index in [0.29, 0.717) is 6.54 Å². The smallest absolute Gasteiger partial charge is 0.108 e. The summed E-state index contributed by atoms with van der Waals surface area (Å²) in [6.45, 7) is 1.44.